The van der Waals surface area contributed by atoms with Crippen LogP contribution < -0.4 is 10.6 Å². The van der Waals surface area contributed by atoms with Crippen molar-refractivity contribution in [3.8, 4) is 0 Å². The number of aromatic nitrogens is 2. The van der Waals surface area contributed by atoms with Gasteiger partial charge < -0.3 is 15.2 Å². The fraction of sp³-hybridized carbons (Fsp3) is 0.304. The first kappa shape index (κ1) is 19.8. The van der Waals surface area contributed by atoms with Crippen molar-refractivity contribution >= 4 is 11.6 Å². The number of nitrogens with two attached hydrogens (primary N) is 1. The largest absolute Gasteiger partial charge is 0.333 e. The van der Waals surface area contributed by atoms with E-state index in [1.54, 1.807) is 18.3 Å². The Bertz CT molecular complexity index is 917. The third-order valence-electron chi connectivity index (χ3n) is 4.90. The Labute approximate surface area is 166 Å². The van der Waals surface area contributed by atoms with Crippen LogP contribution in [0.25, 0.3) is 0 Å². The van der Waals surface area contributed by atoms with Gasteiger partial charge in [0.1, 0.15) is 0 Å². The first-order valence-electron chi connectivity index (χ1n) is 9.61. The van der Waals surface area contributed by atoms with Crippen LogP contribution in [0.3, 0.4) is 0 Å². The van der Waals surface area contributed by atoms with Gasteiger partial charge in [-0.25, -0.2) is 4.98 Å². The van der Waals surface area contributed by atoms with E-state index in [0.29, 0.717) is 12.3 Å². The Balaban J connectivity index is 1.63. The molecule has 1 atom stereocenters. The zero-order chi connectivity index (χ0) is 20.1. The maximum absolute atomic E-state index is 12.8. The van der Waals surface area contributed by atoms with E-state index >= 15 is 0 Å². The summed E-state index contributed by atoms with van der Waals surface area (Å²) in [5, 5.41) is 0. The van der Waals surface area contributed by atoms with E-state index in [4.69, 9.17) is 5.73 Å². The lowest BCUT2D eigenvalue weighted by atomic mass is 10.0. The maximum Gasteiger partial charge on any atom is 0.244 e. The van der Waals surface area contributed by atoms with Gasteiger partial charge in [-0.2, -0.15) is 0 Å². The first-order valence-corrected chi connectivity index (χ1v) is 9.61. The fourth-order valence-corrected chi connectivity index (χ4v) is 3.17. The van der Waals surface area contributed by atoms with Crippen molar-refractivity contribution in [3.63, 3.8) is 0 Å². The monoisotopic (exact) mass is 376 g/mol. The molecule has 3 rings (SSSR count). The first-order chi connectivity index (χ1) is 13.4. The molecular formula is C23H28N4O. The van der Waals surface area contributed by atoms with Crippen molar-refractivity contribution in [3.05, 3.63) is 83.9 Å². The molecule has 0 radical (unpaired) electrons. The second-order valence-corrected chi connectivity index (χ2v) is 7.48. The Morgan fingerprint density at radius 3 is 2.61 bits per heavy atom. The minimum Gasteiger partial charge on any atom is -0.333 e. The van der Waals surface area contributed by atoms with Crippen LogP contribution in [-0.2, 0) is 17.8 Å². The summed E-state index contributed by atoms with van der Waals surface area (Å²) in [6.45, 7) is 5.02. The third-order valence-corrected chi connectivity index (χ3v) is 4.90. The molecule has 0 saturated carbocycles. The molecule has 1 aromatic heterocycles. The van der Waals surface area contributed by atoms with E-state index in [1.165, 1.54) is 11.1 Å². The highest BCUT2D eigenvalue weighted by atomic mass is 16.2. The van der Waals surface area contributed by atoms with Crippen LogP contribution in [0.2, 0.25) is 0 Å². The molecular weight excluding hydrogens is 348 g/mol. The predicted molar refractivity (Wildman–Crippen MR) is 113 cm³/mol. The number of rotatable bonds is 7. The molecule has 1 heterocycles. The number of imidazole rings is 1. The van der Waals surface area contributed by atoms with Gasteiger partial charge in [0.25, 0.3) is 0 Å². The number of anilines is 1. The zero-order valence-corrected chi connectivity index (χ0v) is 16.7. The molecule has 146 valence electrons. The molecule has 5 nitrogen and oxygen atoms in total. The van der Waals surface area contributed by atoms with Crippen molar-refractivity contribution in [2.45, 2.75) is 38.8 Å². The van der Waals surface area contributed by atoms with Crippen LogP contribution in [-0.4, -0.2) is 28.5 Å². The van der Waals surface area contributed by atoms with Gasteiger partial charge in [0.2, 0.25) is 5.91 Å². The Kier molecular flexibility index (Phi) is 6.26. The Hall–Kier alpha value is -2.92. The predicted octanol–water partition coefficient (Wildman–Crippen LogP) is 3.59. The quantitative estimate of drug-likeness (QED) is 0.685. The number of carbonyl (C=O) groups excluding carboxylic acids is 1. The molecule has 28 heavy (non-hydrogen) atoms. The van der Waals surface area contributed by atoms with Crippen LogP contribution in [0, 0.1) is 0 Å². The molecule has 0 unspecified atom stereocenters. The molecule has 0 bridgehead atoms. The van der Waals surface area contributed by atoms with Gasteiger partial charge >= 0.3 is 0 Å². The van der Waals surface area contributed by atoms with Crippen LogP contribution in [0.5, 0.6) is 0 Å². The smallest absolute Gasteiger partial charge is 0.244 e. The van der Waals surface area contributed by atoms with E-state index in [1.807, 2.05) is 47.2 Å². The van der Waals surface area contributed by atoms with Crippen molar-refractivity contribution < 1.29 is 4.79 Å². The van der Waals surface area contributed by atoms with Crippen LogP contribution in [0.1, 0.15) is 36.6 Å². The van der Waals surface area contributed by atoms with Gasteiger partial charge in [-0.1, -0.05) is 56.3 Å². The SMILES string of the molecule is CC(C)c1cccc(N(C)C(=O)[C@@H](N)Cc2cn(Cc3ccccc3)cn2)c1. The van der Waals surface area contributed by atoms with Crippen LogP contribution >= 0.6 is 0 Å². The summed E-state index contributed by atoms with van der Waals surface area (Å²) >= 11 is 0. The van der Waals surface area contributed by atoms with E-state index < -0.39 is 6.04 Å². The molecule has 0 fully saturated rings. The van der Waals surface area contributed by atoms with Crippen LogP contribution in [0.15, 0.2) is 67.1 Å². The molecule has 3 aromatic rings. The second-order valence-electron chi connectivity index (χ2n) is 7.48. The lowest BCUT2D eigenvalue weighted by molar-refractivity contribution is -0.119. The number of likely N-dealkylation sites (N-methyl/N-ethyl adjacent to an activating group) is 1. The summed E-state index contributed by atoms with van der Waals surface area (Å²) in [6, 6.07) is 17.6. The average Bonchev–Trinajstić information content (AvgIpc) is 3.14. The molecule has 0 aliphatic heterocycles. The minimum absolute atomic E-state index is 0.112. The van der Waals surface area contributed by atoms with Crippen molar-refractivity contribution in [2.75, 3.05) is 11.9 Å². The van der Waals surface area contributed by atoms with Gasteiger partial charge in [0.15, 0.2) is 0 Å². The molecule has 5 heteroatoms. The number of carbonyl (C=O) groups is 1. The zero-order valence-electron chi connectivity index (χ0n) is 16.7. The Morgan fingerprint density at radius 2 is 1.89 bits per heavy atom. The van der Waals surface area contributed by atoms with E-state index in [0.717, 1.165) is 17.9 Å². The standard InChI is InChI=1S/C23H28N4O/c1-17(2)19-10-7-11-21(12-19)26(3)23(28)22(24)13-20-15-27(16-25-20)14-18-8-5-4-6-9-18/h4-12,15-17,22H,13-14,24H2,1-3H3/t22-/m0/s1. The van der Waals surface area contributed by atoms with Gasteiger partial charge in [-0.15, -0.1) is 0 Å². The van der Waals surface area contributed by atoms with Crippen molar-refractivity contribution in [1.82, 2.24) is 9.55 Å². The van der Waals surface area contributed by atoms with E-state index in [-0.39, 0.29) is 5.91 Å². The number of amides is 1. The normalized spacial score (nSPS) is 12.2. The summed E-state index contributed by atoms with van der Waals surface area (Å²) in [5.74, 6) is 0.296. The van der Waals surface area contributed by atoms with E-state index in [2.05, 4.69) is 37.0 Å². The number of hydrogen-bond donors (Lipinski definition) is 1. The van der Waals surface area contributed by atoms with Gasteiger partial charge in [0.05, 0.1) is 18.1 Å². The van der Waals surface area contributed by atoms with Crippen LogP contribution in [0.4, 0.5) is 5.69 Å². The van der Waals surface area contributed by atoms with Crippen molar-refractivity contribution in [1.29, 1.82) is 0 Å². The summed E-state index contributed by atoms with van der Waals surface area (Å²) in [7, 11) is 1.77. The highest BCUT2D eigenvalue weighted by Gasteiger charge is 2.21. The highest BCUT2D eigenvalue weighted by molar-refractivity contribution is 5.96. The maximum atomic E-state index is 12.8. The number of benzene rings is 2. The van der Waals surface area contributed by atoms with Gasteiger partial charge in [0, 0.05) is 31.9 Å². The second kappa shape index (κ2) is 8.85. The lowest BCUT2D eigenvalue weighted by Gasteiger charge is -2.22. The number of hydrogen-bond acceptors (Lipinski definition) is 3. The topological polar surface area (TPSA) is 64.2 Å². The molecule has 0 spiro atoms. The summed E-state index contributed by atoms with van der Waals surface area (Å²) in [5.41, 5.74) is 10.3. The summed E-state index contributed by atoms with van der Waals surface area (Å²) in [4.78, 5) is 18.8. The van der Waals surface area contributed by atoms with E-state index in [9.17, 15) is 4.79 Å². The number of nitrogens with zero attached hydrogens (tertiary/aromatic N) is 3. The average molecular weight is 377 g/mol. The third kappa shape index (κ3) is 4.87. The summed E-state index contributed by atoms with van der Waals surface area (Å²) < 4.78 is 2.01. The highest BCUT2D eigenvalue weighted by Crippen LogP contribution is 2.21. The molecule has 1 amide bonds. The molecule has 0 aliphatic rings. The molecule has 0 saturated heterocycles. The molecule has 0 aliphatic carbocycles. The Morgan fingerprint density at radius 1 is 1.14 bits per heavy atom. The minimum atomic E-state index is -0.632. The lowest BCUT2D eigenvalue weighted by Crippen LogP contribution is -2.43. The molecule has 2 aromatic carbocycles. The van der Waals surface area contributed by atoms with Gasteiger partial charge in [-0.3, -0.25) is 4.79 Å². The molecule has 2 N–H and O–H groups in total. The fourth-order valence-electron chi connectivity index (χ4n) is 3.17. The van der Waals surface area contributed by atoms with Crippen molar-refractivity contribution in [2.24, 2.45) is 5.73 Å². The van der Waals surface area contributed by atoms with Gasteiger partial charge in [-0.05, 0) is 29.2 Å². The summed E-state index contributed by atoms with van der Waals surface area (Å²) in [6.07, 6.45) is 4.16.